The van der Waals surface area contributed by atoms with Crippen LogP contribution in [-0.4, -0.2) is 28.1 Å². The number of rotatable bonds is 2. The fourth-order valence-corrected chi connectivity index (χ4v) is 0.955. The molecule has 12 heavy (non-hydrogen) atoms. The number of aromatic nitrogens is 3. The lowest BCUT2D eigenvalue weighted by Gasteiger charge is -1.92. The van der Waals surface area contributed by atoms with Crippen LogP contribution >= 0.6 is 0 Å². The van der Waals surface area contributed by atoms with Gasteiger partial charge in [-0.1, -0.05) is 0 Å². The Bertz CT molecular complexity index is 303. The second-order valence-corrected chi connectivity index (χ2v) is 2.77. The molecular formula is C7H9N3O2. The summed E-state index contributed by atoms with van der Waals surface area (Å²) in [6.45, 7) is 0. The maximum Gasteiger partial charge on any atom is 0.360 e. The molecule has 1 fully saturated rings. The highest BCUT2D eigenvalue weighted by molar-refractivity contribution is 5.86. The van der Waals surface area contributed by atoms with Crippen molar-refractivity contribution in [3.63, 3.8) is 0 Å². The Balaban J connectivity index is 2.17. The Morgan fingerprint density at radius 2 is 2.50 bits per heavy atom. The lowest BCUT2D eigenvalue weighted by Crippen LogP contribution is -2.04. The van der Waals surface area contributed by atoms with Gasteiger partial charge in [0.15, 0.2) is 5.69 Å². The van der Waals surface area contributed by atoms with Gasteiger partial charge in [0.05, 0.1) is 19.3 Å². The Morgan fingerprint density at radius 3 is 3.08 bits per heavy atom. The van der Waals surface area contributed by atoms with Gasteiger partial charge in [0.1, 0.15) is 0 Å². The second-order valence-electron chi connectivity index (χ2n) is 2.77. The Hall–Kier alpha value is -1.39. The molecule has 0 aromatic carbocycles. The monoisotopic (exact) mass is 167 g/mol. The minimum Gasteiger partial charge on any atom is -0.464 e. The summed E-state index contributed by atoms with van der Waals surface area (Å²) < 4.78 is 4.49. The number of hydrogen-bond donors (Lipinski definition) is 0. The highest BCUT2D eigenvalue weighted by atomic mass is 16.5. The lowest BCUT2D eigenvalue weighted by molar-refractivity contribution is 0.0593. The van der Waals surface area contributed by atoms with Crippen LogP contribution in [0.1, 0.15) is 29.4 Å². The van der Waals surface area contributed by atoms with Crippen LogP contribution in [0.3, 0.4) is 0 Å². The lowest BCUT2D eigenvalue weighted by atomic mass is 10.5. The van der Waals surface area contributed by atoms with E-state index in [0.717, 1.165) is 12.8 Å². The van der Waals surface area contributed by atoms with Crippen molar-refractivity contribution in [2.24, 2.45) is 0 Å². The quantitative estimate of drug-likeness (QED) is 0.598. The molecule has 0 bridgehead atoms. The van der Waals surface area contributed by atoms with Crippen LogP contribution < -0.4 is 0 Å². The number of carbonyl (C=O) groups is 1. The molecule has 0 N–H and O–H groups in total. The van der Waals surface area contributed by atoms with Crippen molar-refractivity contribution in [2.75, 3.05) is 7.11 Å². The number of nitrogens with zero attached hydrogens (tertiary/aromatic N) is 3. The summed E-state index contributed by atoms with van der Waals surface area (Å²) in [5, 5.41) is 7.93. The molecule has 1 heterocycles. The summed E-state index contributed by atoms with van der Waals surface area (Å²) in [7, 11) is 1.33. The van der Waals surface area contributed by atoms with Gasteiger partial charge in [0.2, 0.25) is 0 Å². The van der Waals surface area contributed by atoms with E-state index in [-0.39, 0.29) is 5.69 Å². The molecule has 5 heteroatoms. The van der Waals surface area contributed by atoms with E-state index in [1.807, 2.05) is 0 Å². The molecule has 2 rings (SSSR count). The van der Waals surface area contributed by atoms with Gasteiger partial charge in [-0.05, 0) is 12.8 Å². The van der Waals surface area contributed by atoms with Gasteiger partial charge in [-0.3, -0.25) is 0 Å². The van der Waals surface area contributed by atoms with Gasteiger partial charge < -0.3 is 4.74 Å². The minimum atomic E-state index is -0.429. The first-order chi connectivity index (χ1) is 5.81. The molecule has 1 aromatic heterocycles. The summed E-state index contributed by atoms with van der Waals surface area (Å²) in [6.07, 6.45) is 3.65. The zero-order chi connectivity index (χ0) is 8.55. The van der Waals surface area contributed by atoms with Crippen molar-refractivity contribution in [3.8, 4) is 0 Å². The number of esters is 1. The van der Waals surface area contributed by atoms with Crippen LogP contribution in [0.25, 0.3) is 0 Å². The van der Waals surface area contributed by atoms with Crippen molar-refractivity contribution in [1.29, 1.82) is 0 Å². The van der Waals surface area contributed by atoms with Crippen LogP contribution in [0.4, 0.5) is 0 Å². The Kier molecular flexibility index (Phi) is 1.56. The second kappa shape index (κ2) is 2.58. The van der Waals surface area contributed by atoms with Crippen LogP contribution in [0.2, 0.25) is 0 Å². The fraction of sp³-hybridized carbons (Fsp3) is 0.571. The molecule has 1 aliphatic carbocycles. The average molecular weight is 167 g/mol. The van der Waals surface area contributed by atoms with E-state index in [9.17, 15) is 4.79 Å². The first-order valence-electron chi connectivity index (χ1n) is 3.81. The third-order valence-corrected chi connectivity index (χ3v) is 1.78. The third-order valence-electron chi connectivity index (χ3n) is 1.78. The normalized spacial score (nSPS) is 16.1. The molecule has 0 radical (unpaired) electrons. The maximum absolute atomic E-state index is 10.9. The summed E-state index contributed by atoms with van der Waals surface area (Å²) in [4.78, 5) is 12.5. The molecule has 5 nitrogen and oxygen atoms in total. The molecule has 1 aliphatic rings. The SMILES string of the molecule is COC(=O)c1cnn(C2CC2)n1. The van der Waals surface area contributed by atoms with E-state index in [0.29, 0.717) is 6.04 Å². The molecule has 0 unspecified atom stereocenters. The van der Waals surface area contributed by atoms with E-state index in [1.54, 1.807) is 4.80 Å². The van der Waals surface area contributed by atoms with Gasteiger partial charge in [0.25, 0.3) is 0 Å². The van der Waals surface area contributed by atoms with Crippen molar-refractivity contribution in [3.05, 3.63) is 11.9 Å². The zero-order valence-corrected chi connectivity index (χ0v) is 6.73. The summed E-state index contributed by atoms with van der Waals surface area (Å²) in [5.74, 6) is -0.429. The fourth-order valence-electron chi connectivity index (χ4n) is 0.955. The van der Waals surface area contributed by atoms with Gasteiger partial charge >= 0.3 is 5.97 Å². The van der Waals surface area contributed by atoms with Gasteiger partial charge in [-0.15, -0.1) is 5.10 Å². The predicted octanol–water partition coefficient (Wildman–Crippen LogP) is 0.400. The predicted molar refractivity (Wildman–Crippen MR) is 39.6 cm³/mol. The zero-order valence-electron chi connectivity index (χ0n) is 6.73. The first kappa shape index (κ1) is 7.27. The van der Waals surface area contributed by atoms with Gasteiger partial charge in [0, 0.05) is 0 Å². The molecule has 1 saturated carbocycles. The van der Waals surface area contributed by atoms with Crippen molar-refractivity contribution in [2.45, 2.75) is 18.9 Å². The molecule has 64 valence electrons. The highest BCUT2D eigenvalue weighted by Crippen LogP contribution is 2.32. The van der Waals surface area contributed by atoms with Crippen LogP contribution in [-0.2, 0) is 4.74 Å². The first-order valence-corrected chi connectivity index (χ1v) is 3.81. The van der Waals surface area contributed by atoms with Crippen LogP contribution in [0.15, 0.2) is 6.20 Å². The van der Waals surface area contributed by atoms with Crippen LogP contribution in [0, 0.1) is 0 Å². The maximum atomic E-state index is 10.9. The van der Waals surface area contributed by atoms with E-state index in [1.165, 1.54) is 13.3 Å². The molecule has 1 aromatic rings. The van der Waals surface area contributed by atoms with E-state index < -0.39 is 5.97 Å². The molecular weight excluding hydrogens is 158 g/mol. The molecule has 0 atom stereocenters. The third kappa shape index (κ3) is 1.17. The minimum absolute atomic E-state index is 0.282. The summed E-state index contributed by atoms with van der Waals surface area (Å²) in [5.41, 5.74) is 0.282. The van der Waals surface area contributed by atoms with Crippen molar-refractivity contribution in [1.82, 2.24) is 15.0 Å². The number of methoxy groups -OCH3 is 1. The largest absolute Gasteiger partial charge is 0.464 e. The number of ether oxygens (including phenoxy) is 1. The Labute approximate surface area is 69.3 Å². The topological polar surface area (TPSA) is 57.0 Å². The average Bonchev–Trinajstić information content (AvgIpc) is 2.83. The van der Waals surface area contributed by atoms with E-state index >= 15 is 0 Å². The van der Waals surface area contributed by atoms with Gasteiger partial charge in [-0.2, -0.15) is 9.90 Å². The van der Waals surface area contributed by atoms with Crippen molar-refractivity contribution < 1.29 is 9.53 Å². The number of carbonyl (C=O) groups excluding carboxylic acids is 1. The molecule has 0 aliphatic heterocycles. The Morgan fingerprint density at radius 1 is 1.75 bits per heavy atom. The smallest absolute Gasteiger partial charge is 0.360 e. The highest BCUT2D eigenvalue weighted by Gasteiger charge is 2.26. The summed E-state index contributed by atoms with van der Waals surface area (Å²) >= 11 is 0. The standard InChI is InChI=1S/C7H9N3O2/c1-12-7(11)6-4-8-10(9-6)5-2-3-5/h4-5H,2-3H2,1H3. The molecule has 0 spiro atoms. The molecule has 0 saturated heterocycles. The van der Waals surface area contributed by atoms with Crippen molar-refractivity contribution >= 4 is 5.97 Å². The van der Waals surface area contributed by atoms with Crippen LogP contribution in [0.5, 0.6) is 0 Å². The van der Waals surface area contributed by atoms with Gasteiger partial charge in [-0.25, -0.2) is 4.79 Å². The van der Waals surface area contributed by atoms with E-state index in [2.05, 4.69) is 14.9 Å². The number of hydrogen-bond acceptors (Lipinski definition) is 4. The summed E-state index contributed by atoms with van der Waals surface area (Å²) in [6, 6.07) is 0.406. The molecule has 0 amide bonds. The van der Waals surface area contributed by atoms with E-state index in [4.69, 9.17) is 0 Å².